The summed E-state index contributed by atoms with van der Waals surface area (Å²) in [4.78, 5) is 29.8. The summed E-state index contributed by atoms with van der Waals surface area (Å²) in [7, 11) is 0. The Labute approximate surface area is 174 Å². The monoisotopic (exact) mass is 423 g/mol. The Morgan fingerprint density at radius 2 is 2.29 bits per heavy atom. The second kappa shape index (κ2) is 10.3. The molecule has 1 aromatic carbocycles. The molecule has 8 heteroatoms. The van der Waals surface area contributed by atoms with Gasteiger partial charge < -0.3 is 10.1 Å². The number of nitrogens with zero attached hydrogens (tertiary/aromatic N) is 2. The van der Waals surface area contributed by atoms with Crippen LogP contribution in [-0.4, -0.2) is 40.5 Å². The van der Waals surface area contributed by atoms with Crippen LogP contribution in [0, 0.1) is 0 Å². The first kappa shape index (κ1) is 21.1. The van der Waals surface area contributed by atoms with Gasteiger partial charge in [0.05, 0.1) is 29.3 Å². The number of nitrogens with one attached hydrogen (secondary N) is 1. The van der Waals surface area contributed by atoms with Crippen molar-refractivity contribution < 1.29 is 9.53 Å². The molecule has 0 unspecified atom stereocenters. The van der Waals surface area contributed by atoms with E-state index in [9.17, 15) is 9.59 Å². The number of carbonyl (C=O) groups excluding carboxylic acids is 1. The van der Waals surface area contributed by atoms with E-state index < -0.39 is 0 Å². The maximum absolute atomic E-state index is 13.0. The van der Waals surface area contributed by atoms with Crippen molar-refractivity contribution in [1.29, 1.82) is 0 Å². The molecule has 0 aliphatic carbocycles. The van der Waals surface area contributed by atoms with E-state index in [2.05, 4.69) is 17.2 Å². The molecule has 3 rings (SSSR count). The second-order valence-electron chi connectivity index (χ2n) is 6.95. The molecule has 152 valence electrons. The first-order chi connectivity index (χ1) is 13.6. The summed E-state index contributed by atoms with van der Waals surface area (Å²) in [6.07, 6.45) is 5.12. The highest BCUT2D eigenvalue weighted by molar-refractivity contribution is 7.99. The molecule has 28 heavy (non-hydrogen) atoms. The molecule has 1 atom stereocenters. The first-order valence-electron chi connectivity index (χ1n) is 9.79. The summed E-state index contributed by atoms with van der Waals surface area (Å²) >= 11 is 7.35. The Balaban J connectivity index is 1.79. The van der Waals surface area contributed by atoms with Gasteiger partial charge in [0.1, 0.15) is 0 Å². The van der Waals surface area contributed by atoms with Crippen molar-refractivity contribution >= 4 is 40.2 Å². The number of aromatic nitrogens is 2. The van der Waals surface area contributed by atoms with E-state index in [1.54, 1.807) is 22.8 Å². The molecule has 1 amide bonds. The zero-order valence-electron chi connectivity index (χ0n) is 16.1. The fourth-order valence-electron chi connectivity index (χ4n) is 3.22. The number of fused-ring (bicyclic) bond motifs is 1. The van der Waals surface area contributed by atoms with Crippen molar-refractivity contribution in [1.82, 2.24) is 14.9 Å². The average Bonchev–Trinajstić information content (AvgIpc) is 3.19. The highest BCUT2D eigenvalue weighted by atomic mass is 35.5. The fourth-order valence-corrected chi connectivity index (χ4v) is 4.23. The third-order valence-electron chi connectivity index (χ3n) is 4.73. The maximum Gasteiger partial charge on any atom is 0.262 e. The van der Waals surface area contributed by atoms with Gasteiger partial charge in [-0.2, -0.15) is 0 Å². The van der Waals surface area contributed by atoms with Crippen LogP contribution in [0.5, 0.6) is 0 Å². The van der Waals surface area contributed by atoms with Crippen molar-refractivity contribution in [2.75, 3.05) is 18.9 Å². The predicted molar refractivity (Wildman–Crippen MR) is 113 cm³/mol. The number of hydrogen-bond donors (Lipinski definition) is 1. The number of thioether (sulfide) groups is 1. The number of rotatable bonds is 9. The van der Waals surface area contributed by atoms with Crippen molar-refractivity contribution in [2.45, 2.75) is 56.8 Å². The molecule has 1 aromatic heterocycles. The van der Waals surface area contributed by atoms with Crippen LogP contribution in [0.4, 0.5) is 0 Å². The molecule has 6 nitrogen and oxygen atoms in total. The Bertz CT molecular complexity index is 881. The lowest BCUT2D eigenvalue weighted by molar-refractivity contribution is -0.118. The largest absolute Gasteiger partial charge is 0.376 e. The minimum absolute atomic E-state index is 0.00599. The summed E-state index contributed by atoms with van der Waals surface area (Å²) in [6, 6.07) is 5.08. The van der Waals surface area contributed by atoms with Gasteiger partial charge in [-0.1, -0.05) is 43.1 Å². The van der Waals surface area contributed by atoms with Crippen molar-refractivity contribution in [2.24, 2.45) is 0 Å². The number of unbranched alkanes of at least 4 members (excludes halogenated alkanes) is 2. The third kappa shape index (κ3) is 5.49. The van der Waals surface area contributed by atoms with Gasteiger partial charge in [-0.25, -0.2) is 4.98 Å². The van der Waals surface area contributed by atoms with Gasteiger partial charge in [0, 0.05) is 18.2 Å². The van der Waals surface area contributed by atoms with Crippen LogP contribution >= 0.6 is 23.4 Å². The van der Waals surface area contributed by atoms with Gasteiger partial charge in [-0.3, -0.25) is 14.2 Å². The molecular weight excluding hydrogens is 398 g/mol. The van der Waals surface area contributed by atoms with Gasteiger partial charge in [-0.15, -0.1) is 0 Å². The van der Waals surface area contributed by atoms with Crippen LogP contribution < -0.4 is 10.9 Å². The SMILES string of the molecule is CCCCCNC(=O)CSc1nc2cc(Cl)ccc2c(=O)n1C[C@@H]1CCCO1. The smallest absolute Gasteiger partial charge is 0.262 e. The minimum Gasteiger partial charge on any atom is -0.376 e. The minimum atomic E-state index is -0.122. The number of halogens is 1. The van der Waals surface area contributed by atoms with Crippen LogP contribution in [0.15, 0.2) is 28.2 Å². The Hall–Kier alpha value is -1.57. The molecule has 1 N–H and O–H groups in total. The van der Waals surface area contributed by atoms with Crippen molar-refractivity contribution in [3.05, 3.63) is 33.6 Å². The van der Waals surface area contributed by atoms with Gasteiger partial charge >= 0.3 is 0 Å². The molecule has 1 saturated heterocycles. The Morgan fingerprint density at radius 3 is 3.04 bits per heavy atom. The number of carbonyl (C=O) groups is 1. The summed E-state index contributed by atoms with van der Waals surface area (Å²) in [5.74, 6) is 0.168. The molecule has 1 aliphatic heterocycles. The van der Waals surface area contributed by atoms with Crippen molar-refractivity contribution in [3.63, 3.8) is 0 Å². The molecule has 0 saturated carbocycles. The lowest BCUT2D eigenvalue weighted by Crippen LogP contribution is -2.30. The molecule has 0 bridgehead atoms. The van der Waals surface area contributed by atoms with Gasteiger partial charge in [-0.05, 0) is 37.5 Å². The van der Waals surface area contributed by atoms with E-state index in [1.165, 1.54) is 11.8 Å². The van der Waals surface area contributed by atoms with Crippen LogP contribution in [-0.2, 0) is 16.1 Å². The normalized spacial score (nSPS) is 16.6. The topological polar surface area (TPSA) is 73.2 Å². The first-order valence-corrected chi connectivity index (χ1v) is 11.2. The van der Waals surface area contributed by atoms with Gasteiger partial charge in [0.2, 0.25) is 5.91 Å². The fraction of sp³-hybridized carbons (Fsp3) is 0.550. The molecule has 0 radical (unpaired) electrons. The highest BCUT2D eigenvalue weighted by Crippen LogP contribution is 2.22. The van der Waals surface area contributed by atoms with E-state index >= 15 is 0 Å². The quantitative estimate of drug-likeness (QED) is 0.378. The number of amides is 1. The summed E-state index contributed by atoms with van der Waals surface area (Å²) in [5, 5.41) is 4.50. The van der Waals surface area contributed by atoms with Crippen LogP contribution in [0.2, 0.25) is 5.02 Å². The Morgan fingerprint density at radius 1 is 1.43 bits per heavy atom. The van der Waals surface area contributed by atoms with E-state index in [-0.39, 0.29) is 23.3 Å². The van der Waals surface area contributed by atoms with Crippen LogP contribution in [0.1, 0.15) is 39.0 Å². The van der Waals surface area contributed by atoms with Crippen LogP contribution in [0.3, 0.4) is 0 Å². The van der Waals surface area contributed by atoms with Crippen LogP contribution in [0.25, 0.3) is 10.9 Å². The lowest BCUT2D eigenvalue weighted by atomic mass is 10.2. The molecule has 1 fully saturated rings. The molecule has 1 aliphatic rings. The number of benzene rings is 1. The van der Waals surface area contributed by atoms with E-state index in [0.717, 1.165) is 38.7 Å². The summed E-state index contributed by atoms with van der Waals surface area (Å²) < 4.78 is 7.34. The van der Waals surface area contributed by atoms with E-state index in [1.807, 2.05) is 0 Å². The van der Waals surface area contributed by atoms with Gasteiger partial charge in [0.15, 0.2) is 5.16 Å². The molecule has 2 aromatic rings. The molecule has 2 heterocycles. The Kier molecular flexibility index (Phi) is 7.76. The van der Waals surface area contributed by atoms with E-state index in [4.69, 9.17) is 16.3 Å². The zero-order chi connectivity index (χ0) is 19.9. The number of hydrogen-bond acceptors (Lipinski definition) is 5. The average molecular weight is 424 g/mol. The molecular formula is C20H26ClN3O3S. The highest BCUT2D eigenvalue weighted by Gasteiger charge is 2.20. The zero-order valence-corrected chi connectivity index (χ0v) is 17.7. The second-order valence-corrected chi connectivity index (χ2v) is 8.33. The van der Waals surface area contributed by atoms with Gasteiger partial charge in [0.25, 0.3) is 5.56 Å². The van der Waals surface area contributed by atoms with Crippen molar-refractivity contribution in [3.8, 4) is 0 Å². The third-order valence-corrected chi connectivity index (χ3v) is 5.94. The maximum atomic E-state index is 13.0. The standard InChI is InChI=1S/C20H26ClN3O3S/c1-2-3-4-9-22-18(25)13-28-20-23-17-11-14(21)7-8-16(17)19(26)24(20)12-15-6-5-10-27-15/h7-8,11,15H,2-6,9-10,12-13H2,1H3,(H,22,25)/t15-/m0/s1. The lowest BCUT2D eigenvalue weighted by Gasteiger charge is -2.16. The van der Waals surface area contributed by atoms with E-state index in [0.29, 0.717) is 34.2 Å². The summed E-state index contributed by atoms with van der Waals surface area (Å²) in [6.45, 7) is 3.98. The summed E-state index contributed by atoms with van der Waals surface area (Å²) in [5.41, 5.74) is 0.426. The molecule has 0 spiro atoms. The number of ether oxygens (including phenoxy) is 1. The predicted octanol–water partition coefficient (Wildman–Crippen LogP) is 3.63.